The van der Waals surface area contributed by atoms with Crippen molar-refractivity contribution in [3.05, 3.63) is 51.2 Å². The fourth-order valence-electron chi connectivity index (χ4n) is 1.45. The Labute approximate surface area is 103 Å². The number of nitrogens with one attached hydrogen (secondary N) is 2. The number of nitrogens with zero attached hydrogens (tertiary/aromatic N) is 1. The number of methoxy groups -OCH3 is 1. The fourth-order valence-corrected chi connectivity index (χ4v) is 1.45. The van der Waals surface area contributed by atoms with E-state index in [0.717, 1.165) is 16.0 Å². The van der Waals surface area contributed by atoms with Gasteiger partial charge >= 0.3 is 5.69 Å². The van der Waals surface area contributed by atoms with Crippen molar-refractivity contribution < 1.29 is 4.74 Å². The smallest absolute Gasteiger partial charge is 0.329 e. The topological polar surface area (TPSA) is 76.1 Å². The van der Waals surface area contributed by atoms with Crippen molar-refractivity contribution in [2.45, 2.75) is 0 Å². The van der Waals surface area contributed by atoms with E-state index in [2.05, 4.69) is 10.3 Å². The van der Waals surface area contributed by atoms with E-state index in [1.54, 1.807) is 31.4 Å². The van der Waals surface area contributed by atoms with Crippen molar-refractivity contribution in [2.24, 2.45) is 7.05 Å². The second-order valence-electron chi connectivity index (χ2n) is 3.74. The molecule has 0 radical (unpaired) electrons. The fraction of sp³-hybridized carbons (Fsp3) is 0.167. The zero-order valence-corrected chi connectivity index (χ0v) is 10.1. The highest BCUT2D eigenvalue weighted by Crippen LogP contribution is 2.17. The molecule has 0 aliphatic rings. The molecule has 1 aromatic carbocycles. The molecule has 0 atom stereocenters. The third-order valence-electron chi connectivity index (χ3n) is 2.51. The highest BCUT2D eigenvalue weighted by molar-refractivity contribution is 5.56. The van der Waals surface area contributed by atoms with Crippen molar-refractivity contribution in [3.8, 4) is 5.75 Å². The lowest BCUT2D eigenvalue weighted by Gasteiger charge is -2.07. The van der Waals surface area contributed by atoms with Gasteiger partial charge in [-0.05, 0) is 24.3 Å². The summed E-state index contributed by atoms with van der Waals surface area (Å²) in [5, 5.41) is 2.94. The van der Waals surface area contributed by atoms with Gasteiger partial charge in [0.1, 0.15) is 11.6 Å². The van der Waals surface area contributed by atoms with Crippen LogP contribution in [0.2, 0.25) is 0 Å². The Kier molecular flexibility index (Phi) is 3.18. The molecule has 2 N–H and O–H groups in total. The first-order valence-electron chi connectivity index (χ1n) is 5.31. The molecule has 6 heteroatoms. The predicted octanol–water partition coefficient (Wildman–Crippen LogP) is 0.826. The van der Waals surface area contributed by atoms with Crippen LogP contribution in [0.25, 0.3) is 0 Å². The SMILES string of the molecule is COc1ccc(Nc2cc(=O)n(C)c(=O)[nH]2)cc1. The van der Waals surface area contributed by atoms with Crippen LogP contribution in [0, 0.1) is 0 Å². The van der Waals surface area contributed by atoms with Gasteiger partial charge in [-0.15, -0.1) is 0 Å². The van der Waals surface area contributed by atoms with E-state index in [1.807, 2.05) is 0 Å². The Morgan fingerprint density at radius 1 is 1.22 bits per heavy atom. The van der Waals surface area contributed by atoms with E-state index in [9.17, 15) is 9.59 Å². The van der Waals surface area contributed by atoms with Crippen LogP contribution in [0.4, 0.5) is 11.5 Å². The van der Waals surface area contributed by atoms with Crippen LogP contribution in [-0.4, -0.2) is 16.7 Å². The van der Waals surface area contributed by atoms with Crippen LogP contribution in [0.15, 0.2) is 39.9 Å². The lowest BCUT2D eigenvalue weighted by molar-refractivity contribution is 0.415. The minimum absolute atomic E-state index is 0.355. The molecule has 0 saturated heterocycles. The van der Waals surface area contributed by atoms with E-state index >= 15 is 0 Å². The quantitative estimate of drug-likeness (QED) is 0.842. The molecule has 6 nitrogen and oxygen atoms in total. The molecule has 1 heterocycles. The molecule has 2 rings (SSSR count). The summed E-state index contributed by atoms with van der Waals surface area (Å²) in [7, 11) is 3.00. The van der Waals surface area contributed by atoms with Gasteiger partial charge in [0.15, 0.2) is 0 Å². The monoisotopic (exact) mass is 247 g/mol. The van der Waals surface area contributed by atoms with Gasteiger partial charge in [0.25, 0.3) is 5.56 Å². The summed E-state index contributed by atoms with van der Waals surface area (Å²) in [6.07, 6.45) is 0. The first kappa shape index (κ1) is 12.0. The first-order chi connectivity index (χ1) is 8.60. The first-order valence-corrected chi connectivity index (χ1v) is 5.31. The van der Waals surface area contributed by atoms with Crippen molar-refractivity contribution in [3.63, 3.8) is 0 Å². The van der Waals surface area contributed by atoms with E-state index in [1.165, 1.54) is 13.1 Å². The summed E-state index contributed by atoms with van der Waals surface area (Å²) in [6.45, 7) is 0. The molecule has 2 aromatic rings. The van der Waals surface area contributed by atoms with Crippen molar-refractivity contribution in [1.29, 1.82) is 0 Å². The standard InChI is InChI=1S/C12H13N3O3/c1-15-11(16)7-10(14-12(15)17)13-8-3-5-9(18-2)6-4-8/h3-7,13H,1-2H3,(H,14,17). The maximum atomic E-state index is 11.4. The van der Waals surface area contributed by atoms with Crippen LogP contribution in [0.3, 0.4) is 0 Å². The van der Waals surface area contributed by atoms with Crippen molar-refractivity contribution in [2.75, 3.05) is 12.4 Å². The summed E-state index contributed by atoms with van der Waals surface area (Å²) in [5.74, 6) is 1.09. The second kappa shape index (κ2) is 4.79. The van der Waals surface area contributed by atoms with Crippen molar-refractivity contribution in [1.82, 2.24) is 9.55 Å². The number of hydrogen-bond donors (Lipinski definition) is 2. The summed E-state index contributed by atoms with van der Waals surface area (Å²) in [6, 6.07) is 8.46. The Bertz CT molecular complexity index is 624. The number of aromatic nitrogens is 2. The number of rotatable bonds is 3. The number of anilines is 2. The van der Waals surface area contributed by atoms with Gasteiger partial charge in [-0.3, -0.25) is 14.3 Å². The normalized spacial score (nSPS) is 10.1. The van der Waals surface area contributed by atoms with Gasteiger partial charge in [-0.25, -0.2) is 4.79 Å². The molecule has 18 heavy (non-hydrogen) atoms. The molecule has 0 unspecified atom stereocenters. The van der Waals surface area contributed by atoms with Crippen LogP contribution in [0.5, 0.6) is 5.75 Å². The molecule has 0 saturated carbocycles. The number of aromatic amines is 1. The largest absolute Gasteiger partial charge is 0.497 e. The Morgan fingerprint density at radius 2 is 1.89 bits per heavy atom. The molecule has 0 spiro atoms. The Morgan fingerprint density at radius 3 is 2.44 bits per heavy atom. The Balaban J connectivity index is 2.28. The second-order valence-corrected chi connectivity index (χ2v) is 3.74. The Hall–Kier alpha value is -2.50. The molecule has 0 amide bonds. The van der Waals surface area contributed by atoms with Crippen LogP contribution < -0.4 is 21.3 Å². The van der Waals surface area contributed by atoms with Gasteiger partial charge in [0.05, 0.1) is 7.11 Å². The van der Waals surface area contributed by atoms with Crippen LogP contribution >= 0.6 is 0 Å². The lowest BCUT2D eigenvalue weighted by atomic mass is 10.3. The maximum absolute atomic E-state index is 11.4. The molecule has 0 fully saturated rings. The highest BCUT2D eigenvalue weighted by atomic mass is 16.5. The zero-order chi connectivity index (χ0) is 13.1. The molecule has 0 aliphatic heterocycles. The number of benzene rings is 1. The van der Waals surface area contributed by atoms with Crippen LogP contribution in [-0.2, 0) is 7.05 Å². The third kappa shape index (κ3) is 2.42. The van der Waals surface area contributed by atoms with E-state index < -0.39 is 5.69 Å². The zero-order valence-electron chi connectivity index (χ0n) is 10.1. The van der Waals surface area contributed by atoms with Gasteiger partial charge in [0.2, 0.25) is 0 Å². The number of ether oxygens (including phenoxy) is 1. The summed E-state index contributed by atoms with van der Waals surface area (Å²) in [4.78, 5) is 25.4. The molecule has 1 aromatic heterocycles. The summed E-state index contributed by atoms with van der Waals surface area (Å²) >= 11 is 0. The predicted molar refractivity (Wildman–Crippen MR) is 68.6 cm³/mol. The average molecular weight is 247 g/mol. The van der Waals surface area contributed by atoms with Crippen LogP contribution in [0.1, 0.15) is 0 Å². The van der Waals surface area contributed by atoms with Crippen molar-refractivity contribution >= 4 is 11.5 Å². The molecular weight excluding hydrogens is 234 g/mol. The minimum Gasteiger partial charge on any atom is -0.497 e. The molecule has 94 valence electrons. The lowest BCUT2D eigenvalue weighted by Crippen LogP contribution is -2.32. The molecular formula is C12H13N3O3. The summed E-state index contributed by atoms with van der Waals surface area (Å²) in [5.41, 5.74) is -0.0759. The molecule has 0 aliphatic carbocycles. The summed E-state index contributed by atoms with van der Waals surface area (Å²) < 4.78 is 6.03. The average Bonchev–Trinajstić information content (AvgIpc) is 2.37. The number of hydrogen-bond acceptors (Lipinski definition) is 4. The van der Waals surface area contributed by atoms with E-state index in [0.29, 0.717) is 5.82 Å². The van der Waals surface area contributed by atoms with E-state index in [-0.39, 0.29) is 5.56 Å². The van der Waals surface area contributed by atoms with Gasteiger partial charge in [-0.2, -0.15) is 0 Å². The molecule has 0 bridgehead atoms. The third-order valence-corrected chi connectivity index (χ3v) is 2.51. The minimum atomic E-state index is -0.460. The maximum Gasteiger partial charge on any atom is 0.329 e. The van der Waals surface area contributed by atoms with Gasteiger partial charge in [-0.1, -0.05) is 0 Å². The highest BCUT2D eigenvalue weighted by Gasteiger charge is 2.01. The number of H-pyrrole nitrogens is 1. The van der Waals surface area contributed by atoms with E-state index in [4.69, 9.17) is 4.74 Å². The van der Waals surface area contributed by atoms with Gasteiger partial charge in [0, 0.05) is 18.8 Å². The van der Waals surface area contributed by atoms with Gasteiger partial charge < -0.3 is 10.1 Å².